The van der Waals surface area contributed by atoms with E-state index in [1.807, 2.05) is 6.07 Å². The Morgan fingerprint density at radius 3 is 2.80 bits per heavy atom. The Morgan fingerprint density at radius 1 is 1.67 bits per heavy atom. The molecule has 78 valence electrons. The van der Waals surface area contributed by atoms with Gasteiger partial charge in [-0.25, -0.2) is 4.79 Å². The van der Waals surface area contributed by atoms with Crippen LogP contribution in [0.1, 0.15) is 16.8 Å². The highest BCUT2D eigenvalue weighted by Gasteiger charge is 2.09. The number of rotatable bonds is 2. The number of nitrogens with two attached hydrogens (primary N) is 1. The molecule has 0 saturated carbocycles. The summed E-state index contributed by atoms with van der Waals surface area (Å²) >= 11 is 0. The Morgan fingerprint density at radius 2 is 2.33 bits per heavy atom. The average molecular weight is 205 g/mol. The molecule has 5 heteroatoms. The molecule has 1 heterocycles. The van der Waals surface area contributed by atoms with E-state index >= 15 is 0 Å². The predicted octanol–water partition coefficient (Wildman–Crippen LogP) is 0.963. The lowest BCUT2D eigenvalue weighted by Gasteiger charge is -1.91. The van der Waals surface area contributed by atoms with Crippen LogP contribution in [-0.4, -0.2) is 18.1 Å². The number of carbonyl (C=O) groups is 1. The highest BCUT2D eigenvalue weighted by Crippen LogP contribution is 2.19. The third-order valence-electron chi connectivity index (χ3n) is 2.02. The molecular weight excluding hydrogens is 194 g/mol. The Labute approximate surface area is 87.1 Å². The number of carbonyl (C=O) groups excluding carboxylic acids is 1. The van der Waals surface area contributed by atoms with E-state index in [1.54, 1.807) is 6.92 Å². The zero-order chi connectivity index (χ0) is 11.4. The van der Waals surface area contributed by atoms with E-state index in [2.05, 4.69) is 9.72 Å². The largest absolute Gasteiger partial charge is 0.466 e. The molecule has 0 aliphatic rings. The van der Waals surface area contributed by atoms with Gasteiger partial charge in [0.2, 0.25) is 0 Å². The van der Waals surface area contributed by atoms with Crippen molar-refractivity contribution in [3.05, 3.63) is 22.9 Å². The van der Waals surface area contributed by atoms with E-state index in [1.165, 1.54) is 19.3 Å². The first kappa shape index (κ1) is 10.9. The van der Waals surface area contributed by atoms with Crippen molar-refractivity contribution < 1.29 is 9.53 Å². The van der Waals surface area contributed by atoms with E-state index in [4.69, 9.17) is 11.0 Å². The highest BCUT2D eigenvalue weighted by molar-refractivity contribution is 5.87. The number of H-pyrrole nitrogens is 1. The first-order chi connectivity index (χ1) is 7.10. The number of nitriles is 1. The highest BCUT2D eigenvalue weighted by atomic mass is 16.5. The molecule has 0 aromatic carbocycles. The van der Waals surface area contributed by atoms with E-state index in [9.17, 15) is 4.79 Å². The Hall–Kier alpha value is -2.22. The maximum Gasteiger partial charge on any atom is 0.330 e. The minimum atomic E-state index is -0.457. The van der Waals surface area contributed by atoms with Gasteiger partial charge in [-0.2, -0.15) is 5.26 Å². The van der Waals surface area contributed by atoms with Crippen molar-refractivity contribution in [3.63, 3.8) is 0 Å². The van der Waals surface area contributed by atoms with Crippen LogP contribution in [0.25, 0.3) is 6.08 Å². The van der Waals surface area contributed by atoms with Crippen molar-refractivity contribution in [3.8, 4) is 6.07 Å². The van der Waals surface area contributed by atoms with Crippen LogP contribution >= 0.6 is 0 Å². The molecule has 1 aromatic rings. The molecule has 0 atom stereocenters. The lowest BCUT2D eigenvalue weighted by molar-refractivity contribution is -0.134. The normalized spacial score (nSPS) is 10.2. The van der Waals surface area contributed by atoms with E-state index < -0.39 is 5.97 Å². The predicted molar refractivity (Wildman–Crippen MR) is 55.7 cm³/mol. The Kier molecular flexibility index (Phi) is 3.13. The van der Waals surface area contributed by atoms with Crippen LogP contribution in [0.2, 0.25) is 0 Å². The minimum Gasteiger partial charge on any atom is -0.466 e. The summed E-state index contributed by atoms with van der Waals surface area (Å²) in [5.41, 5.74) is 7.32. The maximum atomic E-state index is 10.8. The number of aromatic amines is 1. The van der Waals surface area contributed by atoms with Gasteiger partial charge in [-0.3, -0.25) is 0 Å². The fraction of sp³-hybridized carbons (Fsp3) is 0.200. The molecule has 0 amide bonds. The molecule has 1 aromatic heterocycles. The van der Waals surface area contributed by atoms with Crippen LogP contribution < -0.4 is 5.73 Å². The smallest absolute Gasteiger partial charge is 0.330 e. The van der Waals surface area contributed by atoms with Crippen LogP contribution in [0.15, 0.2) is 6.08 Å². The van der Waals surface area contributed by atoms with Gasteiger partial charge >= 0.3 is 5.97 Å². The Bertz CT molecular complexity index is 452. The lowest BCUT2D eigenvalue weighted by atomic mass is 10.1. The van der Waals surface area contributed by atoms with Crippen molar-refractivity contribution >= 4 is 17.9 Å². The monoisotopic (exact) mass is 205 g/mol. The van der Waals surface area contributed by atoms with Gasteiger partial charge in [0.25, 0.3) is 0 Å². The molecule has 15 heavy (non-hydrogen) atoms. The topological polar surface area (TPSA) is 91.9 Å². The first-order valence-corrected chi connectivity index (χ1v) is 4.24. The maximum absolute atomic E-state index is 10.8. The molecule has 5 nitrogen and oxygen atoms in total. The molecule has 0 bridgehead atoms. The quantitative estimate of drug-likeness (QED) is 0.555. The van der Waals surface area contributed by atoms with Gasteiger partial charge in [-0.15, -0.1) is 0 Å². The molecule has 0 aliphatic heterocycles. The third-order valence-corrected chi connectivity index (χ3v) is 2.02. The number of anilines is 1. The first-order valence-electron chi connectivity index (χ1n) is 4.24. The summed E-state index contributed by atoms with van der Waals surface area (Å²) < 4.78 is 4.44. The summed E-state index contributed by atoms with van der Waals surface area (Å²) in [5.74, 6) is -0.152. The van der Waals surface area contributed by atoms with Gasteiger partial charge in [0.15, 0.2) is 0 Å². The second-order valence-corrected chi connectivity index (χ2v) is 2.92. The summed E-state index contributed by atoms with van der Waals surface area (Å²) in [6, 6.07) is 1.98. The van der Waals surface area contributed by atoms with Crippen LogP contribution in [0.5, 0.6) is 0 Å². The fourth-order valence-corrected chi connectivity index (χ4v) is 1.17. The van der Waals surface area contributed by atoms with Gasteiger partial charge in [0.1, 0.15) is 11.9 Å². The molecular formula is C10H11N3O2. The minimum absolute atomic E-state index is 0.305. The molecule has 0 radical (unpaired) electrons. The van der Waals surface area contributed by atoms with Crippen molar-refractivity contribution in [2.45, 2.75) is 6.92 Å². The van der Waals surface area contributed by atoms with Crippen LogP contribution in [0.3, 0.4) is 0 Å². The average Bonchev–Trinajstić information content (AvgIpc) is 2.50. The van der Waals surface area contributed by atoms with Crippen molar-refractivity contribution in [1.29, 1.82) is 5.26 Å². The molecule has 0 saturated heterocycles. The van der Waals surface area contributed by atoms with E-state index in [0.717, 1.165) is 5.56 Å². The standard InChI is InChI=1S/C10H11N3O2/c1-6-7(5-11)10(12)13-8(6)3-4-9(14)15-2/h3-4,13H,12H2,1-2H3/b4-3+. The molecule has 1 rings (SSSR count). The van der Waals surface area contributed by atoms with Crippen LogP contribution in [0, 0.1) is 18.3 Å². The summed E-state index contributed by atoms with van der Waals surface area (Å²) in [6.45, 7) is 1.75. The van der Waals surface area contributed by atoms with E-state index in [-0.39, 0.29) is 0 Å². The number of nitrogens with one attached hydrogen (secondary N) is 1. The molecule has 0 fully saturated rings. The van der Waals surface area contributed by atoms with Gasteiger partial charge in [-0.05, 0) is 18.6 Å². The van der Waals surface area contributed by atoms with Crippen molar-refractivity contribution in [1.82, 2.24) is 4.98 Å². The Balaban J connectivity index is 3.03. The SMILES string of the molecule is COC(=O)/C=C/c1[nH]c(N)c(C#N)c1C. The molecule has 0 aliphatic carbocycles. The van der Waals surface area contributed by atoms with Gasteiger partial charge in [0.05, 0.1) is 12.7 Å². The number of hydrogen-bond donors (Lipinski definition) is 2. The second-order valence-electron chi connectivity index (χ2n) is 2.92. The van der Waals surface area contributed by atoms with Gasteiger partial charge < -0.3 is 15.5 Å². The summed E-state index contributed by atoms with van der Waals surface area (Å²) in [6.07, 6.45) is 2.79. The zero-order valence-corrected chi connectivity index (χ0v) is 8.50. The van der Waals surface area contributed by atoms with Crippen molar-refractivity contribution in [2.24, 2.45) is 0 Å². The number of aromatic nitrogens is 1. The number of methoxy groups -OCH3 is 1. The lowest BCUT2D eigenvalue weighted by Crippen LogP contribution is -1.93. The molecule has 0 spiro atoms. The zero-order valence-electron chi connectivity index (χ0n) is 8.50. The number of ether oxygens (including phenoxy) is 1. The number of esters is 1. The summed E-state index contributed by atoms with van der Waals surface area (Å²) in [7, 11) is 1.29. The summed E-state index contributed by atoms with van der Waals surface area (Å²) in [5, 5.41) is 8.77. The number of hydrogen-bond acceptors (Lipinski definition) is 4. The summed E-state index contributed by atoms with van der Waals surface area (Å²) in [4.78, 5) is 13.6. The van der Waals surface area contributed by atoms with Crippen LogP contribution in [-0.2, 0) is 9.53 Å². The van der Waals surface area contributed by atoms with Gasteiger partial charge in [0, 0.05) is 11.8 Å². The number of nitrogens with zero attached hydrogens (tertiary/aromatic N) is 1. The fourth-order valence-electron chi connectivity index (χ4n) is 1.17. The second kappa shape index (κ2) is 4.33. The third kappa shape index (κ3) is 2.17. The molecule has 0 unspecified atom stereocenters. The van der Waals surface area contributed by atoms with Gasteiger partial charge in [-0.1, -0.05) is 0 Å². The van der Waals surface area contributed by atoms with Crippen molar-refractivity contribution in [2.75, 3.05) is 12.8 Å². The molecule has 3 N–H and O–H groups in total. The van der Waals surface area contributed by atoms with Crippen LogP contribution in [0.4, 0.5) is 5.82 Å². The number of nitrogen functional groups attached to an aromatic ring is 1. The van der Waals surface area contributed by atoms with E-state index in [0.29, 0.717) is 17.1 Å².